The van der Waals surface area contributed by atoms with Crippen molar-refractivity contribution in [2.75, 3.05) is 13.1 Å². The average Bonchev–Trinajstić information content (AvgIpc) is 2.55. The molecule has 2 aliphatic heterocycles. The quantitative estimate of drug-likeness (QED) is 0.573. The Morgan fingerprint density at radius 3 is 3.09 bits per heavy atom. The number of carbonyl (C=O) groups excluding carboxylic acids is 1. The lowest BCUT2D eigenvalue weighted by atomic mass is 10.4. The summed E-state index contributed by atoms with van der Waals surface area (Å²) in [6.07, 6.45) is 1.60. The topological polar surface area (TPSA) is 57.1 Å². The van der Waals surface area contributed by atoms with Crippen LogP contribution in [0, 0.1) is 0 Å². The zero-order chi connectivity index (χ0) is 7.68. The zero-order valence-corrected chi connectivity index (χ0v) is 6.16. The van der Waals surface area contributed by atoms with Gasteiger partial charge in [0.25, 0.3) is 0 Å². The van der Waals surface area contributed by atoms with E-state index in [2.05, 4.69) is 15.8 Å². The van der Waals surface area contributed by atoms with E-state index in [1.54, 1.807) is 4.90 Å². The lowest BCUT2D eigenvalue weighted by Crippen LogP contribution is -2.37. The first-order valence-electron chi connectivity index (χ1n) is 3.80. The minimum atomic E-state index is -0.0370. The predicted octanol–water partition coefficient (Wildman–Crippen LogP) is -0.0947. The molecular formula is C6H10N4O. The van der Waals surface area contributed by atoms with Gasteiger partial charge in [-0.25, -0.2) is 0 Å². The summed E-state index contributed by atoms with van der Waals surface area (Å²) < 4.78 is 0. The van der Waals surface area contributed by atoms with E-state index in [1.807, 2.05) is 0 Å². The van der Waals surface area contributed by atoms with Gasteiger partial charge in [0.05, 0.1) is 6.54 Å². The van der Waals surface area contributed by atoms with Gasteiger partial charge in [-0.15, -0.1) is 5.11 Å². The van der Waals surface area contributed by atoms with Crippen molar-refractivity contribution in [2.24, 2.45) is 10.3 Å². The Hall–Kier alpha value is -1.13. The van der Waals surface area contributed by atoms with Crippen LogP contribution in [0.3, 0.4) is 0 Å². The van der Waals surface area contributed by atoms with Crippen LogP contribution < -0.4 is 5.43 Å². The Balaban J connectivity index is 2.03. The third-order valence-electron chi connectivity index (χ3n) is 2.01. The van der Waals surface area contributed by atoms with E-state index in [4.69, 9.17) is 0 Å². The molecule has 0 aromatic carbocycles. The Morgan fingerprint density at radius 1 is 1.64 bits per heavy atom. The molecule has 1 unspecified atom stereocenters. The van der Waals surface area contributed by atoms with Crippen LogP contribution in [0.15, 0.2) is 10.3 Å². The highest BCUT2D eigenvalue weighted by molar-refractivity contribution is 5.78. The van der Waals surface area contributed by atoms with Crippen molar-refractivity contribution < 1.29 is 4.79 Å². The second-order valence-electron chi connectivity index (χ2n) is 2.75. The van der Waals surface area contributed by atoms with Gasteiger partial charge in [-0.2, -0.15) is 0 Å². The van der Waals surface area contributed by atoms with Gasteiger partial charge in [0.2, 0.25) is 5.91 Å². The van der Waals surface area contributed by atoms with Gasteiger partial charge < -0.3 is 4.90 Å². The first-order chi connectivity index (χ1) is 5.38. The first kappa shape index (κ1) is 6.57. The van der Waals surface area contributed by atoms with E-state index >= 15 is 0 Å². The van der Waals surface area contributed by atoms with E-state index in [-0.39, 0.29) is 12.1 Å². The van der Waals surface area contributed by atoms with Gasteiger partial charge in [-0.05, 0) is 6.42 Å². The summed E-state index contributed by atoms with van der Waals surface area (Å²) in [5.74, 6) is 0.206. The highest BCUT2D eigenvalue weighted by Gasteiger charge is 2.29. The molecule has 1 saturated heterocycles. The van der Waals surface area contributed by atoms with Crippen molar-refractivity contribution in [1.82, 2.24) is 10.3 Å². The number of rotatable bonds is 1. The van der Waals surface area contributed by atoms with Crippen LogP contribution in [0.25, 0.3) is 0 Å². The van der Waals surface area contributed by atoms with Gasteiger partial charge in [0.15, 0.2) is 6.17 Å². The maximum Gasteiger partial charge on any atom is 0.224 e. The van der Waals surface area contributed by atoms with Gasteiger partial charge in [-0.3, -0.25) is 10.2 Å². The minimum Gasteiger partial charge on any atom is -0.317 e. The van der Waals surface area contributed by atoms with Crippen LogP contribution in [-0.4, -0.2) is 30.1 Å². The Bertz CT molecular complexity index is 203. The molecule has 1 atom stereocenters. The molecule has 11 heavy (non-hydrogen) atoms. The minimum absolute atomic E-state index is 0.0370. The second-order valence-corrected chi connectivity index (χ2v) is 2.75. The summed E-state index contributed by atoms with van der Waals surface area (Å²) in [6.45, 7) is 1.51. The molecule has 1 amide bonds. The first-order valence-corrected chi connectivity index (χ1v) is 3.80. The Kier molecular flexibility index (Phi) is 1.48. The van der Waals surface area contributed by atoms with Gasteiger partial charge in [0, 0.05) is 13.0 Å². The second kappa shape index (κ2) is 2.48. The number of amides is 1. The molecule has 5 nitrogen and oxygen atoms in total. The van der Waals surface area contributed by atoms with Crippen LogP contribution >= 0.6 is 0 Å². The monoisotopic (exact) mass is 154 g/mol. The molecular weight excluding hydrogens is 144 g/mol. The Morgan fingerprint density at radius 2 is 2.55 bits per heavy atom. The summed E-state index contributed by atoms with van der Waals surface area (Å²) in [7, 11) is 0. The predicted molar refractivity (Wildman–Crippen MR) is 37.6 cm³/mol. The molecule has 1 fully saturated rings. The van der Waals surface area contributed by atoms with Crippen LogP contribution in [-0.2, 0) is 4.79 Å². The summed E-state index contributed by atoms with van der Waals surface area (Å²) in [6, 6.07) is 0. The van der Waals surface area contributed by atoms with Crippen molar-refractivity contribution in [2.45, 2.75) is 19.0 Å². The van der Waals surface area contributed by atoms with Crippen molar-refractivity contribution >= 4 is 5.91 Å². The molecule has 5 heteroatoms. The highest BCUT2D eigenvalue weighted by atomic mass is 16.2. The number of nitrogens with one attached hydrogen (secondary N) is 1. The summed E-state index contributed by atoms with van der Waals surface area (Å²) in [4.78, 5) is 12.9. The smallest absolute Gasteiger partial charge is 0.224 e. The third-order valence-corrected chi connectivity index (χ3v) is 2.01. The Labute approximate surface area is 64.4 Å². The van der Waals surface area contributed by atoms with E-state index in [0.717, 1.165) is 13.0 Å². The lowest BCUT2D eigenvalue weighted by Gasteiger charge is -2.18. The standard InChI is InChI=1S/C6H10N4O/c11-6-2-1-3-10(6)5-4-7-9-8-5/h5H,1-4H2,(H,7,8). The molecule has 2 rings (SSSR count). The molecule has 0 bridgehead atoms. The van der Waals surface area contributed by atoms with Crippen LogP contribution in [0.1, 0.15) is 12.8 Å². The molecule has 0 aromatic heterocycles. The maximum absolute atomic E-state index is 11.2. The lowest BCUT2D eigenvalue weighted by molar-refractivity contribution is -0.129. The van der Waals surface area contributed by atoms with Crippen molar-refractivity contribution in [3.63, 3.8) is 0 Å². The molecule has 0 aromatic rings. The fourth-order valence-electron chi connectivity index (χ4n) is 1.43. The number of hydrogen-bond donors (Lipinski definition) is 1. The maximum atomic E-state index is 11.2. The molecule has 0 saturated carbocycles. The molecule has 2 aliphatic rings. The normalized spacial score (nSPS) is 29.6. The van der Waals surface area contributed by atoms with Crippen molar-refractivity contribution in [1.29, 1.82) is 0 Å². The molecule has 0 spiro atoms. The van der Waals surface area contributed by atoms with Crippen LogP contribution in [0.4, 0.5) is 0 Å². The van der Waals surface area contributed by atoms with E-state index in [1.165, 1.54) is 0 Å². The van der Waals surface area contributed by atoms with Gasteiger partial charge >= 0.3 is 0 Å². The number of likely N-dealkylation sites (tertiary alicyclic amines) is 1. The summed E-state index contributed by atoms with van der Waals surface area (Å²) in [5, 5.41) is 7.51. The molecule has 0 aliphatic carbocycles. The molecule has 60 valence electrons. The third kappa shape index (κ3) is 1.06. The van der Waals surface area contributed by atoms with Crippen LogP contribution in [0.2, 0.25) is 0 Å². The highest BCUT2D eigenvalue weighted by Crippen LogP contribution is 2.15. The van der Waals surface area contributed by atoms with Crippen molar-refractivity contribution in [3.8, 4) is 0 Å². The number of nitrogens with zero attached hydrogens (tertiary/aromatic N) is 3. The van der Waals surface area contributed by atoms with E-state index in [9.17, 15) is 4.79 Å². The summed E-state index contributed by atoms with van der Waals surface area (Å²) in [5.41, 5.74) is 2.73. The fourth-order valence-corrected chi connectivity index (χ4v) is 1.43. The van der Waals surface area contributed by atoms with E-state index in [0.29, 0.717) is 13.0 Å². The molecule has 0 radical (unpaired) electrons. The van der Waals surface area contributed by atoms with Crippen molar-refractivity contribution in [3.05, 3.63) is 0 Å². The van der Waals surface area contributed by atoms with Gasteiger partial charge in [-0.1, -0.05) is 5.22 Å². The molecule has 2 heterocycles. The zero-order valence-electron chi connectivity index (χ0n) is 6.16. The molecule has 1 N–H and O–H groups in total. The SMILES string of the molecule is O=C1CCCN1C1CNN=N1. The fraction of sp³-hybridized carbons (Fsp3) is 0.833. The number of carbonyl (C=O) groups is 1. The average molecular weight is 154 g/mol. The van der Waals surface area contributed by atoms with Gasteiger partial charge in [0.1, 0.15) is 0 Å². The van der Waals surface area contributed by atoms with E-state index < -0.39 is 0 Å². The number of hydrogen-bond acceptors (Lipinski definition) is 4. The van der Waals surface area contributed by atoms with Crippen LogP contribution in [0.5, 0.6) is 0 Å². The summed E-state index contributed by atoms with van der Waals surface area (Å²) >= 11 is 0. The largest absolute Gasteiger partial charge is 0.317 e.